The van der Waals surface area contributed by atoms with Gasteiger partial charge in [-0.25, -0.2) is 4.98 Å². The Kier molecular flexibility index (Phi) is 5.45. The average Bonchev–Trinajstić information content (AvgIpc) is 2.95. The van der Waals surface area contributed by atoms with Crippen LogP contribution in [0.3, 0.4) is 0 Å². The number of thiazole rings is 1. The van der Waals surface area contributed by atoms with Gasteiger partial charge in [0.25, 0.3) is 0 Å². The lowest BCUT2D eigenvalue weighted by molar-refractivity contribution is -0.144. The van der Waals surface area contributed by atoms with Gasteiger partial charge >= 0.3 is 5.97 Å². The molecule has 0 aliphatic heterocycles. The van der Waals surface area contributed by atoms with E-state index in [1.54, 1.807) is 32.2 Å². The van der Waals surface area contributed by atoms with Crippen molar-refractivity contribution in [1.29, 1.82) is 0 Å². The summed E-state index contributed by atoms with van der Waals surface area (Å²) in [7, 11) is 0. The molecule has 4 nitrogen and oxygen atoms in total. The van der Waals surface area contributed by atoms with Crippen LogP contribution in [0, 0.1) is 0 Å². The molecule has 0 amide bonds. The fourth-order valence-electron chi connectivity index (χ4n) is 1.76. The zero-order chi connectivity index (χ0) is 15.4. The Morgan fingerprint density at radius 2 is 2.10 bits per heavy atom. The van der Waals surface area contributed by atoms with Gasteiger partial charge < -0.3 is 10.1 Å². The van der Waals surface area contributed by atoms with Crippen LogP contribution in [0.2, 0.25) is 10.0 Å². The summed E-state index contributed by atoms with van der Waals surface area (Å²) in [6, 6.07) is 3.43. The Hall–Kier alpha value is -1.30. The van der Waals surface area contributed by atoms with Crippen LogP contribution in [0.4, 0.5) is 10.8 Å². The lowest BCUT2D eigenvalue weighted by Crippen LogP contribution is -2.13. The second-order valence-corrected chi connectivity index (χ2v) is 6.00. The summed E-state index contributed by atoms with van der Waals surface area (Å²) in [5.74, 6) is -0.723. The van der Waals surface area contributed by atoms with Crippen LogP contribution >= 0.6 is 34.5 Å². The zero-order valence-corrected chi connectivity index (χ0v) is 13.9. The molecule has 21 heavy (non-hydrogen) atoms. The molecule has 1 unspecified atom stereocenters. The van der Waals surface area contributed by atoms with Gasteiger partial charge in [-0.3, -0.25) is 4.79 Å². The minimum absolute atomic E-state index is 0.301. The van der Waals surface area contributed by atoms with Crippen molar-refractivity contribution in [3.63, 3.8) is 0 Å². The summed E-state index contributed by atoms with van der Waals surface area (Å²) in [5, 5.41) is 6.48. The van der Waals surface area contributed by atoms with Gasteiger partial charge in [-0.2, -0.15) is 0 Å². The van der Waals surface area contributed by atoms with Crippen LogP contribution in [0.1, 0.15) is 25.3 Å². The third-order valence-electron chi connectivity index (χ3n) is 2.87. The van der Waals surface area contributed by atoms with Crippen molar-refractivity contribution in [3.05, 3.63) is 39.3 Å². The van der Waals surface area contributed by atoms with Crippen molar-refractivity contribution in [3.8, 4) is 0 Å². The molecule has 2 rings (SSSR count). The third-order valence-corrected chi connectivity index (χ3v) is 4.15. The summed E-state index contributed by atoms with van der Waals surface area (Å²) in [6.07, 6.45) is 1.69. The largest absolute Gasteiger partial charge is 0.466 e. The Morgan fingerprint density at radius 3 is 2.62 bits per heavy atom. The molecule has 1 N–H and O–H groups in total. The summed E-state index contributed by atoms with van der Waals surface area (Å²) in [6.45, 7) is 3.87. The molecule has 0 spiro atoms. The van der Waals surface area contributed by atoms with E-state index in [0.29, 0.717) is 33.0 Å². The first-order chi connectivity index (χ1) is 10.0. The highest BCUT2D eigenvalue weighted by atomic mass is 35.5. The maximum atomic E-state index is 11.8. The van der Waals surface area contributed by atoms with Crippen molar-refractivity contribution >= 4 is 51.3 Å². The third kappa shape index (κ3) is 3.87. The van der Waals surface area contributed by atoms with Crippen molar-refractivity contribution < 1.29 is 9.53 Å². The Labute approximate surface area is 137 Å². The number of halogens is 2. The lowest BCUT2D eigenvalue weighted by atomic mass is 10.0. The number of nitrogens with zero attached hydrogens (tertiary/aromatic N) is 1. The molecule has 2 aromatic rings. The van der Waals surface area contributed by atoms with Gasteiger partial charge in [0.2, 0.25) is 0 Å². The number of nitrogens with one attached hydrogen (secondary N) is 1. The van der Waals surface area contributed by atoms with E-state index in [0.717, 1.165) is 0 Å². The number of hydrogen-bond donors (Lipinski definition) is 1. The number of rotatable bonds is 5. The quantitative estimate of drug-likeness (QED) is 0.786. The van der Waals surface area contributed by atoms with E-state index in [1.165, 1.54) is 11.3 Å². The van der Waals surface area contributed by atoms with E-state index >= 15 is 0 Å². The van der Waals surface area contributed by atoms with Crippen molar-refractivity contribution in [1.82, 2.24) is 4.98 Å². The molecule has 0 saturated heterocycles. The van der Waals surface area contributed by atoms with Gasteiger partial charge in [0.15, 0.2) is 5.13 Å². The number of carbonyl (C=O) groups excluding carboxylic acids is 1. The number of ether oxygens (including phenoxy) is 1. The Bertz CT molecular complexity index is 609. The molecule has 0 saturated carbocycles. The van der Waals surface area contributed by atoms with Crippen LogP contribution in [0.5, 0.6) is 0 Å². The first kappa shape index (κ1) is 16.1. The van der Waals surface area contributed by atoms with E-state index in [2.05, 4.69) is 10.3 Å². The molecule has 0 radical (unpaired) electrons. The van der Waals surface area contributed by atoms with Crippen LogP contribution in [0.25, 0.3) is 0 Å². The smallest absolute Gasteiger partial charge is 0.313 e. The van der Waals surface area contributed by atoms with Crippen LogP contribution < -0.4 is 5.32 Å². The highest BCUT2D eigenvalue weighted by Crippen LogP contribution is 2.36. The monoisotopic (exact) mass is 344 g/mol. The molecule has 1 aromatic carbocycles. The van der Waals surface area contributed by atoms with E-state index in [9.17, 15) is 4.79 Å². The number of esters is 1. The molecule has 1 aromatic heterocycles. The summed E-state index contributed by atoms with van der Waals surface area (Å²) in [5.41, 5.74) is 1.29. The second-order valence-electron chi connectivity index (χ2n) is 4.30. The van der Waals surface area contributed by atoms with Gasteiger partial charge in [0.1, 0.15) is 0 Å². The first-order valence-electron chi connectivity index (χ1n) is 6.35. The van der Waals surface area contributed by atoms with Crippen LogP contribution in [0.15, 0.2) is 23.7 Å². The molecule has 1 heterocycles. The van der Waals surface area contributed by atoms with Crippen LogP contribution in [-0.4, -0.2) is 17.6 Å². The van der Waals surface area contributed by atoms with Gasteiger partial charge in [0, 0.05) is 11.6 Å². The van der Waals surface area contributed by atoms with Crippen LogP contribution in [-0.2, 0) is 9.53 Å². The topological polar surface area (TPSA) is 51.2 Å². The Balaban J connectivity index is 2.26. The number of hydrogen-bond acceptors (Lipinski definition) is 5. The number of anilines is 2. The van der Waals surface area contributed by atoms with E-state index in [4.69, 9.17) is 27.9 Å². The highest BCUT2D eigenvalue weighted by Gasteiger charge is 2.19. The summed E-state index contributed by atoms with van der Waals surface area (Å²) < 4.78 is 5.00. The van der Waals surface area contributed by atoms with Gasteiger partial charge in [-0.05, 0) is 31.5 Å². The fourth-order valence-corrected chi connectivity index (χ4v) is 2.89. The van der Waals surface area contributed by atoms with Crippen molar-refractivity contribution in [2.45, 2.75) is 19.8 Å². The fraction of sp³-hybridized carbons (Fsp3) is 0.286. The lowest BCUT2D eigenvalue weighted by Gasteiger charge is -2.14. The molecule has 112 valence electrons. The maximum absolute atomic E-state index is 11.8. The number of benzene rings is 1. The predicted octanol–water partition coefficient (Wildman–Crippen LogP) is 4.86. The average molecular weight is 345 g/mol. The van der Waals surface area contributed by atoms with Gasteiger partial charge in [-0.1, -0.05) is 23.2 Å². The van der Waals surface area contributed by atoms with E-state index in [-0.39, 0.29) is 5.97 Å². The van der Waals surface area contributed by atoms with Crippen molar-refractivity contribution in [2.75, 3.05) is 11.9 Å². The molecule has 0 fully saturated rings. The van der Waals surface area contributed by atoms with Crippen molar-refractivity contribution in [2.24, 2.45) is 0 Å². The summed E-state index contributed by atoms with van der Waals surface area (Å²) in [4.78, 5) is 15.9. The van der Waals surface area contributed by atoms with Gasteiger partial charge in [0.05, 0.1) is 28.3 Å². The van der Waals surface area contributed by atoms with E-state index in [1.807, 2.05) is 5.38 Å². The Morgan fingerprint density at radius 1 is 1.43 bits per heavy atom. The standard InChI is InChI=1S/C14H14Cl2N2O2S/c1-3-20-13(19)8(2)9-6-10(15)12(11(16)7-9)18-14-17-4-5-21-14/h4-8H,3H2,1-2H3,(H,17,18). The number of aromatic nitrogens is 1. The first-order valence-corrected chi connectivity index (χ1v) is 7.98. The molecule has 1 atom stereocenters. The highest BCUT2D eigenvalue weighted by molar-refractivity contribution is 7.13. The normalized spacial score (nSPS) is 12.0. The molecular formula is C14H14Cl2N2O2S. The number of carbonyl (C=O) groups is 1. The molecule has 0 aliphatic carbocycles. The zero-order valence-electron chi connectivity index (χ0n) is 11.5. The molecule has 7 heteroatoms. The minimum Gasteiger partial charge on any atom is -0.466 e. The summed E-state index contributed by atoms with van der Waals surface area (Å²) >= 11 is 14.0. The van der Waals surface area contributed by atoms with E-state index < -0.39 is 5.92 Å². The molecule has 0 bridgehead atoms. The molecular weight excluding hydrogens is 331 g/mol. The minimum atomic E-state index is -0.422. The van der Waals surface area contributed by atoms with Gasteiger partial charge in [-0.15, -0.1) is 11.3 Å². The second kappa shape index (κ2) is 7.11. The molecule has 0 aliphatic rings. The maximum Gasteiger partial charge on any atom is 0.313 e. The predicted molar refractivity (Wildman–Crippen MR) is 86.9 cm³/mol. The SMILES string of the molecule is CCOC(=O)C(C)c1cc(Cl)c(Nc2nccs2)c(Cl)c1.